The summed E-state index contributed by atoms with van der Waals surface area (Å²) in [6.07, 6.45) is 0.718. The monoisotopic (exact) mass is 402 g/mol. The summed E-state index contributed by atoms with van der Waals surface area (Å²) >= 11 is 18.0. The number of methoxy groups -OCH3 is 2. The molecule has 0 spiro atoms. The number of aryl methyl sites for hydroxylation is 1. The van der Waals surface area contributed by atoms with Crippen LogP contribution in [-0.4, -0.2) is 20.1 Å². The van der Waals surface area contributed by atoms with Gasteiger partial charge in [0, 0.05) is 11.4 Å². The average molecular weight is 404 g/mol. The molecule has 0 aliphatic carbocycles. The highest BCUT2D eigenvalue weighted by Gasteiger charge is 2.11. The van der Waals surface area contributed by atoms with Crippen molar-refractivity contribution in [1.82, 2.24) is 5.43 Å². The molecular formula is C17H17Cl3N2O3. The second-order valence-electron chi connectivity index (χ2n) is 5.10. The van der Waals surface area contributed by atoms with Gasteiger partial charge in [0.2, 0.25) is 5.91 Å². The number of nitrogens with one attached hydrogen (secondary N) is 2. The summed E-state index contributed by atoms with van der Waals surface area (Å²) in [7, 11) is 3.17. The molecular weight excluding hydrogens is 387 g/mol. The van der Waals surface area contributed by atoms with Gasteiger partial charge < -0.3 is 9.47 Å². The second kappa shape index (κ2) is 9.04. The van der Waals surface area contributed by atoms with Gasteiger partial charge in [-0.3, -0.25) is 15.6 Å². The number of carbonyl (C=O) groups excluding carboxylic acids is 1. The summed E-state index contributed by atoms with van der Waals surface area (Å²) in [6.45, 7) is 0. The first-order valence-corrected chi connectivity index (χ1v) is 8.48. The van der Waals surface area contributed by atoms with Gasteiger partial charge in [-0.05, 0) is 42.3 Å². The first-order valence-electron chi connectivity index (χ1n) is 7.35. The predicted molar refractivity (Wildman–Crippen MR) is 101 cm³/mol. The molecule has 134 valence electrons. The minimum atomic E-state index is -0.230. The van der Waals surface area contributed by atoms with Crippen LogP contribution >= 0.6 is 34.8 Å². The van der Waals surface area contributed by atoms with E-state index in [9.17, 15) is 4.79 Å². The molecule has 8 heteroatoms. The van der Waals surface area contributed by atoms with Crippen LogP contribution in [0.2, 0.25) is 15.1 Å². The van der Waals surface area contributed by atoms with Gasteiger partial charge >= 0.3 is 0 Å². The Labute approximate surface area is 161 Å². The summed E-state index contributed by atoms with van der Waals surface area (Å²) < 4.78 is 10.5. The molecule has 1 amide bonds. The first-order chi connectivity index (χ1) is 11.9. The first kappa shape index (κ1) is 19.5. The number of anilines is 1. The summed E-state index contributed by atoms with van der Waals surface area (Å²) in [5.74, 6) is 1.17. The van der Waals surface area contributed by atoms with Crippen molar-refractivity contribution >= 4 is 46.4 Å². The maximum absolute atomic E-state index is 12.1. The number of ether oxygens (including phenoxy) is 2. The minimum Gasteiger partial charge on any atom is -0.497 e. The van der Waals surface area contributed by atoms with Crippen molar-refractivity contribution in [2.75, 3.05) is 19.6 Å². The summed E-state index contributed by atoms with van der Waals surface area (Å²) in [4.78, 5) is 12.1. The Hall–Kier alpha value is -1.82. The lowest BCUT2D eigenvalue weighted by molar-refractivity contribution is -0.120. The third-order valence-electron chi connectivity index (χ3n) is 3.44. The van der Waals surface area contributed by atoms with E-state index >= 15 is 0 Å². The summed E-state index contributed by atoms with van der Waals surface area (Å²) in [6, 6.07) is 8.51. The van der Waals surface area contributed by atoms with Gasteiger partial charge in [-0.1, -0.05) is 34.8 Å². The van der Waals surface area contributed by atoms with Crippen molar-refractivity contribution in [2.45, 2.75) is 12.8 Å². The number of hydrazine groups is 1. The van der Waals surface area contributed by atoms with Gasteiger partial charge in [0.25, 0.3) is 0 Å². The third-order valence-corrected chi connectivity index (χ3v) is 4.26. The Balaban J connectivity index is 1.96. The lowest BCUT2D eigenvalue weighted by atomic mass is 10.1. The molecule has 0 unspecified atom stereocenters. The van der Waals surface area contributed by atoms with Crippen molar-refractivity contribution in [3.8, 4) is 11.5 Å². The van der Waals surface area contributed by atoms with Crippen molar-refractivity contribution in [1.29, 1.82) is 0 Å². The Bertz CT molecular complexity index is 746. The lowest BCUT2D eigenvalue weighted by Gasteiger charge is -2.13. The molecule has 5 nitrogen and oxygen atoms in total. The highest BCUT2D eigenvalue weighted by Crippen LogP contribution is 2.33. The lowest BCUT2D eigenvalue weighted by Crippen LogP contribution is -2.29. The van der Waals surface area contributed by atoms with Gasteiger partial charge in [0.1, 0.15) is 11.5 Å². The van der Waals surface area contributed by atoms with E-state index in [1.54, 1.807) is 26.4 Å². The number of benzene rings is 2. The molecule has 0 aliphatic rings. The van der Waals surface area contributed by atoms with Crippen LogP contribution in [0.25, 0.3) is 0 Å². The molecule has 25 heavy (non-hydrogen) atoms. The van der Waals surface area contributed by atoms with Gasteiger partial charge in [0.15, 0.2) is 0 Å². The van der Waals surface area contributed by atoms with Crippen molar-refractivity contribution in [3.05, 3.63) is 51.0 Å². The number of hydrogen-bond acceptors (Lipinski definition) is 4. The van der Waals surface area contributed by atoms with E-state index in [1.165, 1.54) is 12.1 Å². The van der Waals surface area contributed by atoms with Crippen LogP contribution in [0.3, 0.4) is 0 Å². The number of hydrogen-bond donors (Lipinski definition) is 2. The Morgan fingerprint density at radius 3 is 2.32 bits per heavy atom. The van der Waals surface area contributed by atoms with Crippen LogP contribution in [-0.2, 0) is 11.2 Å². The fourth-order valence-electron chi connectivity index (χ4n) is 2.18. The molecule has 0 saturated heterocycles. The molecule has 2 aromatic carbocycles. The maximum Gasteiger partial charge on any atom is 0.238 e. The molecule has 0 atom stereocenters. The quantitative estimate of drug-likeness (QED) is 0.656. The molecule has 2 aromatic rings. The van der Waals surface area contributed by atoms with E-state index in [0.29, 0.717) is 38.7 Å². The van der Waals surface area contributed by atoms with Gasteiger partial charge in [-0.15, -0.1) is 0 Å². The zero-order chi connectivity index (χ0) is 18.4. The molecule has 0 aromatic heterocycles. The summed E-state index contributed by atoms with van der Waals surface area (Å²) in [5.41, 5.74) is 6.54. The van der Waals surface area contributed by atoms with Crippen LogP contribution in [0, 0.1) is 0 Å². The van der Waals surface area contributed by atoms with Crippen LogP contribution in [0.5, 0.6) is 11.5 Å². The molecule has 0 aliphatic heterocycles. The van der Waals surface area contributed by atoms with Crippen molar-refractivity contribution in [3.63, 3.8) is 0 Å². The van der Waals surface area contributed by atoms with E-state index in [0.717, 1.165) is 5.56 Å². The van der Waals surface area contributed by atoms with Gasteiger partial charge in [-0.25, -0.2) is 0 Å². The van der Waals surface area contributed by atoms with Crippen LogP contribution in [0.4, 0.5) is 5.69 Å². The van der Waals surface area contributed by atoms with Crippen molar-refractivity contribution < 1.29 is 14.3 Å². The third kappa shape index (κ3) is 5.33. The smallest absolute Gasteiger partial charge is 0.238 e. The topological polar surface area (TPSA) is 59.6 Å². The number of rotatable bonds is 7. The molecule has 0 fully saturated rings. The minimum absolute atomic E-state index is 0.230. The highest BCUT2D eigenvalue weighted by molar-refractivity contribution is 6.41. The zero-order valence-electron chi connectivity index (χ0n) is 13.7. The SMILES string of the molecule is COc1ccc(OC)c(CCC(=O)NNc2c(Cl)cc(Cl)cc2Cl)c1. The fraction of sp³-hybridized carbons (Fsp3) is 0.235. The van der Waals surface area contributed by atoms with E-state index < -0.39 is 0 Å². The number of halogens is 3. The van der Waals surface area contributed by atoms with Crippen LogP contribution in [0.1, 0.15) is 12.0 Å². The molecule has 0 heterocycles. The van der Waals surface area contributed by atoms with Crippen LogP contribution in [0.15, 0.2) is 30.3 Å². The predicted octanol–water partition coefficient (Wildman–Crippen LogP) is 4.74. The molecule has 2 N–H and O–H groups in total. The second-order valence-corrected chi connectivity index (χ2v) is 6.35. The van der Waals surface area contributed by atoms with Crippen LogP contribution < -0.4 is 20.3 Å². The van der Waals surface area contributed by atoms with E-state index in [4.69, 9.17) is 44.3 Å². The number of carbonyl (C=O) groups is 1. The van der Waals surface area contributed by atoms with E-state index in [-0.39, 0.29) is 12.3 Å². The van der Waals surface area contributed by atoms with Crippen molar-refractivity contribution in [2.24, 2.45) is 0 Å². The number of amides is 1. The van der Waals surface area contributed by atoms with Gasteiger partial charge in [-0.2, -0.15) is 0 Å². The molecule has 2 rings (SSSR count). The largest absolute Gasteiger partial charge is 0.497 e. The average Bonchev–Trinajstić information content (AvgIpc) is 2.58. The Kier molecular flexibility index (Phi) is 7.05. The Morgan fingerprint density at radius 1 is 1.04 bits per heavy atom. The van der Waals surface area contributed by atoms with Gasteiger partial charge in [0.05, 0.1) is 30.0 Å². The summed E-state index contributed by atoms with van der Waals surface area (Å²) in [5, 5.41) is 1.04. The standard InChI is InChI=1S/C17H17Cl3N2O3/c1-24-12-4-5-15(25-2)10(7-12)3-6-16(23)21-22-17-13(19)8-11(18)9-14(17)20/h4-5,7-9,22H,3,6H2,1-2H3,(H,21,23). The molecule has 0 saturated carbocycles. The highest BCUT2D eigenvalue weighted by atomic mass is 35.5. The van der Waals surface area contributed by atoms with E-state index in [2.05, 4.69) is 10.9 Å². The maximum atomic E-state index is 12.1. The normalized spacial score (nSPS) is 10.3. The Morgan fingerprint density at radius 2 is 1.72 bits per heavy atom. The fourth-order valence-corrected chi connectivity index (χ4v) is 3.09. The van der Waals surface area contributed by atoms with E-state index in [1.807, 2.05) is 6.07 Å². The molecule has 0 bridgehead atoms. The zero-order valence-corrected chi connectivity index (χ0v) is 15.9. The molecule has 0 radical (unpaired) electrons.